The summed E-state index contributed by atoms with van der Waals surface area (Å²) in [5, 5.41) is 3.57. The molecule has 19 heavy (non-hydrogen) atoms. The van der Waals surface area contributed by atoms with Gasteiger partial charge in [0, 0.05) is 24.8 Å². The molecule has 0 aromatic heterocycles. The van der Waals surface area contributed by atoms with Crippen molar-refractivity contribution in [1.29, 1.82) is 0 Å². The van der Waals surface area contributed by atoms with Crippen LogP contribution in [0.15, 0.2) is 36.4 Å². The van der Waals surface area contributed by atoms with Gasteiger partial charge in [0.15, 0.2) is 0 Å². The Bertz CT molecular complexity index is 398. The molecule has 0 bridgehead atoms. The average molecular weight is 260 g/mol. The molecule has 106 valence electrons. The van der Waals surface area contributed by atoms with E-state index >= 15 is 0 Å². The van der Waals surface area contributed by atoms with Crippen LogP contribution in [0.4, 0.5) is 5.69 Å². The molecule has 0 saturated heterocycles. The van der Waals surface area contributed by atoms with Crippen molar-refractivity contribution in [2.75, 3.05) is 24.5 Å². The van der Waals surface area contributed by atoms with Gasteiger partial charge in [-0.1, -0.05) is 37.3 Å². The van der Waals surface area contributed by atoms with Crippen LogP contribution in [0.1, 0.15) is 45.7 Å². The van der Waals surface area contributed by atoms with Crippen LogP contribution in [0.3, 0.4) is 0 Å². The maximum absolute atomic E-state index is 4.04. The Morgan fingerprint density at radius 2 is 2.00 bits per heavy atom. The Morgan fingerprint density at radius 3 is 2.58 bits per heavy atom. The lowest BCUT2D eigenvalue weighted by Gasteiger charge is -2.28. The lowest BCUT2D eigenvalue weighted by Crippen LogP contribution is -2.28. The first kappa shape index (κ1) is 15.8. The summed E-state index contributed by atoms with van der Waals surface area (Å²) in [6, 6.07) is 9.06. The minimum absolute atomic E-state index is 0.385. The summed E-state index contributed by atoms with van der Waals surface area (Å²) in [7, 11) is 0. The summed E-state index contributed by atoms with van der Waals surface area (Å²) in [6.45, 7) is 15.7. The lowest BCUT2D eigenvalue weighted by molar-refractivity contribution is 0.569. The number of likely N-dealkylation sites (N-methyl/N-ethyl adjacent to an activating group) is 1. The Hall–Kier alpha value is -1.28. The van der Waals surface area contributed by atoms with Gasteiger partial charge in [-0.2, -0.15) is 0 Å². The molecule has 0 aliphatic carbocycles. The molecule has 0 fully saturated rings. The van der Waals surface area contributed by atoms with Crippen LogP contribution >= 0.6 is 0 Å². The first-order valence-corrected chi connectivity index (χ1v) is 7.31. The Morgan fingerprint density at radius 1 is 1.32 bits per heavy atom. The summed E-state index contributed by atoms with van der Waals surface area (Å²) in [5.74, 6) is 0. The van der Waals surface area contributed by atoms with Crippen molar-refractivity contribution in [1.82, 2.24) is 5.32 Å². The third kappa shape index (κ3) is 4.71. The molecule has 1 aromatic carbocycles. The van der Waals surface area contributed by atoms with E-state index in [0.717, 1.165) is 26.1 Å². The van der Waals surface area contributed by atoms with E-state index in [-0.39, 0.29) is 0 Å². The molecular formula is C17H28N2. The second-order valence-corrected chi connectivity index (χ2v) is 5.21. The van der Waals surface area contributed by atoms with Crippen molar-refractivity contribution in [2.24, 2.45) is 0 Å². The van der Waals surface area contributed by atoms with Crippen molar-refractivity contribution < 1.29 is 0 Å². The van der Waals surface area contributed by atoms with E-state index in [4.69, 9.17) is 0 Å². The maximum Gasteiger partial charge on any atom is 0.0417 e. The number of para-hydroxylation sites is 1. The minimum Gasteiger partial charge on any atom is -0.368 e. The van der Waals surface area contributed by atoms with Crippen molar-refractivity contribution in [2.45, 2.75) is 40.2 Å². The van der Waals surface area contributed by atoms with Crippen LogP contribution in [0, 0.1) is 0 Å². The third-order valence-electron chi connectivity index (χ3n) is 3.29. The quantitative estimate of drug-likeness (QED) is 0.706. The molecule has 0 heterocycles. The third-order valence-corrected chi connectivity index (χ3v) is 3.29. The largest absolute Gasteiger partial charge is 0.368 e. The summed E-state index contributed by atoms with van der Waals surface area (Å²) in [5.41, 5.74) is 3.90. The monoisotopic (exact) mass is 260 g/mol. The van der Waals surface area contributed by atoms with Gasteiger partial charge in [0.1, 0.15) is 0 Å². The first-order chi connectivity index (χ1) is 9.10. The molecule has 1 N–H and O–H groups in total. The van der Waals surface area contributed by atoms with Gasteiger partial charge in [0.25, 0.3) is 0 Å². The first-order valence-electron chi connectivity index (χ1n) is 7.31. The molecule has 0 saturated carbocycles. The molecule has 1 atom stereocenters. The number of hydrogen-bond donors (Lipinski definition) is 1. The van der Waals surface area contributed by atoms with Gasteiger partial charge >= 0.3 is 0 Å². The maximum atomic E-state index is 4.04. The minimum atomic E-state index is 0.385. The summed E-state index contributed by atoms with van der Waals surface area (Å²) < 4.78 is 0. The lowest BCUT2D eigenvalue weighted by atomic mass is 10.0. The zero-order valence-electron chi connectivity index (χ0n) is 12.9. The van der Waals surface area contributed by atoms with E-state index in [1.807, 2.05) is 0 Å². The standard InChI is InChI=1S/C17H28N2/c1-6-12-18-15(5)16-10-8-9-11-17(16)19(7-2)13-14(3)4/h8-11,15,18H,3,6-7,12-13H2,1-2,4-5H3. The number of benzene rings is 1. The Labute approximate surface area is 118 Å². The molecule has 0 radical (unpaired) electrons. The number of nitrogens with one attached hydrogen (secondary N) is 1. The molecule has 1 unspecified atom stereocenters. The van der Waals surface area contributed by atoms with E-state index < -0.39 is 0 Å². The number of anilines is 1. The van der Waals surface area contributed by atoms with Crippen molar-refractivity contribution in [3.63, 3.8) is 0 Å². The van der Waals surface area contributed by atoms with Gasteiger partial charge in [0.2, 0.25) is 0 Å². The van der Waals surface area contributed by atoms with Crippen LogP contribution in [0.5, 0.6) is 0 Å². The number of hydrogen-bond acceptors (Lipinski definition) is 2. The Kier molecular flexibility index (Phi) is 6.65. The average Bonchev–Trinajstić information content (AvgIpc) is 2.42. The van der Waals surface area contributed by atoms with Gasteiger partial charge < -0.3 is 10.2 Å². The fraction of sp³-hybridized carbons (Fsp3) is 0.529. The molecule has 0 aliphatic rings. The van der Waals surface area contributed by atoms with Crippen LogP contribution < -0.4 is 10.2 Å². The molecule has 1 rings (SSSR count). The molecule has 2 nitrogen and oxygen atoms in total. The fourth-order valence-electron chi connectivity index (χ4n) is 2.31. The number of nitrogens with zero attached hydrogens (tertiary/aromatic N) is 1. The van der Waals surface area contributed by atoms with Crippen LogP contribution in [0.2, 0.25) is 0 Å². The van der Waals surface area contributed by atoms with Gasteiger partial charge in [-0.3, -0.25) is 0 Å². The zero-order valence-corrected chi connectivity index (χ0v) is 12.9. The summed E-state index contributed by atoms with van der Waals surface area (Å²) in [6.07, 6.45) is 1.16. The SMILES string of the molecule is C=C(C)CN(CC)c1ccccc1C(C)NCCC. The van der Waals surface area contributed by atoms with E-state index in [1.54, 1.807) is 0 Å². The molecule has 0 spiro atoms. The van der Waals surface area contributed by atoms with E-state index in [0.29, 0.717) is 6.04 Å². The van der Waals surface area contributed by atoms with Gasteiger partial charge in [0.05, 0.1) is 0 Å². The zero-order chi connectivity index (χ0) is 14.3. The second kappa shape index (κ2) is 8.00. The fourth-order valence-corrected chi connectivity index (χ4v) is 2.31. The molecule has 1 aromatic rings. The van der Waals surface area contributed by atoms with Crippen LogP contribution in [-0.2, 0) is 0 Å². The van der Waals surface area contributed by atoms with Gasteiger partial charge in [-0.15, -0.1) is 0 Å². The van der Waals surface area contributed by atoms with E-state index in [9.17, 15) is 0 Å². The predicted octanol–water partition coefficient (Wildman–Crippen LogP) is 4.15. The molecule has 0 amide bonds. The molecule has 0 aliphatic heterocycles. The predicted molar refractivity (Wildman–Crippen MR) is 85.9 cm³/mol. The van der Waals surface area contributed by atoms with E-state index in [2.05, 4.69) is 68.8 Å². The number of rotatable bonds is 8. The normalized spacial score (nSPS) is 12.2. The smallest absolute Gasteiger partial charge is 0.0417 e. The summed E-state index contributed by atoms with van der Waals surface area (Å²) >= 11 is 0. The Balaban J connectivity index is 2.95. The van der Waals surface area contributed by atoms with Crippen molar-refractivity contribution in [3.05, 3.63) is 42.0 Å². The highest BCUT2D eigenvalue weighted by Crippen LogP contribution is 2.26. The van der Waals surface area contributed by atoms with Gasteiger partial charge in [-0.25, -0.2) is 0 Å². The van der Waals surface area contributed by atoms with Gasteiger partial charge in [-0.05, 0) is 45.4 Å². The highest BCUT2D eigenvalue weighted by molar-refractivity contribution is 5.55. The van der Waals surface area contributed by atoms with Crippen molar-refractivity contribution >= 4 is 5.69 Å². The molecule has 2 heteroatoms. The highest BCUT2D eigenvalue weighted by atomic mass is 15.1. The van der Waals surface area contributed by atoms with Crippen LogP contribution in [0.25, 0.3) is 0 Å². The summed E-state index contributed by atoms with van der Waals surface area (Å²) in [4.78, 5) is 2.39. The topological polar surface area (TPSA) is 15.3 Å². The highest BCUT2D eigenvalue weighted by Gasteiger charge is 2.13. The molecular weight excluding hydrogens is 232 g/mol. The van der Waals surface area contributed by atoms with E-state index in [1.165, 1.54) is 16.8 Å². The second-order valence-electron chi connectivity index (χ2n) is 5.21. The van der Waals surface area contributed by atoms with Crippen LogP contribution in [-0.4, -0.2) is 19.6 Å². The van der Waals surface area contributed by atoms with Crippen molar-refractivity contribution in [3.8, 4) is 0 Å².